The number of hydrogen-bond donors (Lipinski definition) is 1. The van der Waals surface area contributed by atoms with Crippen LogP contribution in [0.2, 0.25) is 0 Å². The molecule has 3 aromatic rings. The van der Waals surface area contributed by atoms with Crippen molar-refractivity contribution in [1.82, 2.24) is 10.3 Å². The second kappa shape index (κ2) is 8.44. The second-order valence-electron chi connectivity index (χ2n) is 5.76. The van der Waals surface area contributed by atoms with Crippen LogP contribution in [-0.4, -0.2) is 30.6 Å². The first kappa shape index (κ1) is 17.2. The summed E-state index contributed by atoms with van der Waals surface area (Å²) in [5.41, 5.74) is 3.11. The molecule has 1 heterocycles. The van der Waals surface area contributed by atoms with Crippen molar-refractivity contribution in [3.8, 4) is 0 Å². The van der Waals surface area contributed by atoms with Crippen LogP contribution in [0.15, 0.2) is 52.9 Å². The standard InChI is InChI=1S/C20H22N2O3/c1-2-24-12-6-11-21-20(23)16-9-10-17-18(14-16)25-19(22-17)13-15-7-4-3-5-8-15/h3-5,7-10,14H,2,6,11-13H2,1H3,(H,21,23). The minimum Gasteiger partial charge on any atom is -0.440 e. The van der Waals surface area contributed by atoms with Gasteiger partial charge in [-0.05, 0) is 37.1 Å². The van der Waals surface area contributed by atoms with Crippen molar-refractivity contribution in [3.63, 3.8) is 0 Å². The third-order valence-electron chi connectivity index (χ3n) is 3.85. The Labute approximate surface area is 147 Å². The lowest BCUT2D eigenvalue weighted by Crippen LogP contribution is -2.25. The van der Waals surface area contributed by atoms with Crippen LogP contribution in [0.1, 0.15) is 35.2 Å². The average Bonchev–Trinajstić information content (AvgIpc) is 3.03. The van der Waals surface area contributed by atoms with Crippen LogP contribution in [0.25, 0.3) is 11.1 Å². The first-order valence-corrected chi connectivity index (χ1v) is 8.55. The van der Waals surface area contributed by atoms with Gasteiger partial charge in [0.15, 0.2) is 11.5 Å². The number of benzene rings is 2. The summed E-state index contributed by atoms with van der Waals surface area (Å²) in [7, 11) is 0. The zero-order valence-corrected chi connectivity index (χ0v) is 14.3. The highest BCUT2D eigenvalue weighted by atomic mass is 16.5. The summed E-state index contributed by atoms with van der Waals surface area (Å²) in [4.78, 5) is 16.7. The predicted octanol–water partition coefficient (Wildman–Crippen LogP) is 3.58. The molecule has 2 aromatic carbocycles. The molecule has 1 aromatic heterocycles. The summed E-state index contributed by atoms with van der Waals surface area (Å²) in [5.74, 6) is 0.537. The van der Waals surface area contributed by atoms with Gasteiger partial charge in [0.1, 0.15) is 5.52 Å². The Morgan fingerprint density at radius 2 is 2.04 bits per heavy atom. The SMILES string of the molecule is CCOCCCNC(=O)c1ccc2nc(Cc3ccccc3)oc2c1. The number of carbonyl (C=O) groups excluding carboxylic acids is 1. The first-order valence-electron chi connectivity index (χ1n) is 8.55. The number of amides is 1. The Hall–Kier alpha value is -2.66. The number of carbonyl (C=O) groups is 1. The highest BCUT2D eigenvalue weighted by Crippen LogP contribution is 2.19. The van der Waals surface area contributed by atoms with Gasteiger partial charge in [-0.25, -0.2) is 4.98 Å². The van der Waals surface area contributed by atoms with Crippen LogP contribution in [-0.2, 0) is 11.2 Å². The third-order valence-corrected chi connectivity index (χ3v) is 3.85. The summed E-state index contributed by atoms with van der Waals surface area (Å²) in [5, 5.41) is 2.89. The van der Waals surface area contributed by atoms with E-state index in [0.717, 1.165) is 17.5 Å². The van der Waals surface area contributed by atoms with E-state index in [1.165, 1.54) is 0 Å². The van der Waals surface area contributed by atoms with Crippen molar-refractivity contribution < 1.29 is 13.9 Å². The molecule has 0 aliphatic heterocycles. The van der Waals surface area contributed by atoms with Crippen LogP contribution in [0.5, 0.6) is 0 Å². The molecule has 0 fully saturated rings. The topological polar surface area (TPSA) is 64.4 Å². The Morgan fingerprint density at radius 1 is 1.20 bits per heavy atom. The Morgan fingerprint density at radius 3 is 2.84 bits per heavy atom. The number of oxazole rings is 1. The highest BCUT2D eigenvalue weighted by molar-refractivity contribution is 5.97. The van der Waals surface area contributed by atoms with Gasteiger partial charge in [-0.3, -0.25) is 4.79 Å². The van der Waals surface area contributed by atoms with E-state index in [4.69, 9.17) is 9.15 Å². The lowest BCUT2D eigenvalue weighted by atomic mass is 10.1. The third kappa shape index (κ3) is 4.67. The monoisotopic (exact) mass is 338 g/mol. The van der Waals surface area contributed by atoms with Gasteiger partial charge in [-0.2, -0.15) is 0 Å². The fourth-order valence-corrected chi connectivity index (χ4v) is 2.58. The molecule has 1 amide bonds. The molecule has 1 N–H and O–H groups in total. The maximum absolute atomic E-state index is 12.2. The van der Waals surface area contributed by atoms with Gasteiger partial charge in [0, 0.05) is 31.7 Å². The van der Waals surface area contributed by atoms with E-state index in [9.17, 15) is 4.79 Å². The van der Waals surface area contributed by atoms with Crippen molar-refractivity contribution in [1.29, 1.82) is 0 Å². The molecular formula is C20H22N2O3. The van der Waals surface area contributed by atoms with E-state index in [1.54, 1.807) is 12.1 Å². The van der Waals surface area contributed by atoms with Gasteiger partial charge in [0.25, 0.3) is 5.91 Å². The lowest BCUT2D eigenvalue weighted by Gasteiger charge is -2.05. The number of nitrogens with one attached hydrogen (secondary N) is 1. The molecule has 3 rings (SSSR count). The van der Waals surface area contributed by atoms with E-state index in [-0.39, 0.29) is 5.91 Å². The quantitative estimate of drug-likeness (QED) is 0.638. The van der Waals surface area contributed by atoms with Crippen LogP contribution in [0.4, 0.5) is 0 Å². The van der Waals surface area contributed by atoms with Gasteiger partial charge in [0.2, 0.25) is 0 Å². The van der Waals surface area contributed by atoms with Crippen LogP contribution < -0.4 is 5.32 Å². The van der Waals surface area contributed by atoms with E-state index in [2.05, 4.69) is 10.3 Å². The summed E-state index contributed by atoms with van der Waals surface area (Å²) in [6, 6.07) is 15.4. The zero-order valence-electron chi connectivity index (χ0n) is 14.3. The molecule has 0 radical (unpaired) electrons. The first-order chi connectivity index (χ1) is 12.3. The number of aromatic nitrogens is 1. The number of ether oxygens (including phenoxy) is 1. The molecule has 130 valence electrons. The molecule has 0 bridgehead atoms. The maximum atomic E-state index is 12.2. The maximum Gasteiger partial charge on any atom is 0.251 e. The van der Waals surface area contributed by atoms with Gasteiger partial charge in [-0.15, -0.1) is 0 Å². The Bertz CT molecular complexity index is 827. The number of rotatable bonds is 8. The molecule has 5 nitrogen and oxygen atoms in total. The summed E-state index contributed by atoms with van der Waals surface area (Å²) in [6.45, 7) is 3.89. The van der Waals surface area contributed by atoms with Crippen molar-refractivity contribution in [2.24, 2.45) is 0 Å². The predicted molar refractivity (Wildman–Crippen MR) is 96.7 cm³/mol. The summed E-state index contributed by atoms with van der Waals surface area (Å²) >= 11 is 0. The molecule has 25 heavy (non-hydrogen) atoms. The summed E-state index contributed by atoms with van der Waals surface area (Å²) in [6.07, 6.45) is 1.43. The molecule has 0 saturated heterocycles. The fourth-order valence-electron chi connectivity index (χ4n) is 2.58. The average molecular weight is 338 g/mol. The molecular weight excluding hydrogens is 316 g/mol. The minimum atomic E-state index is -0.112. The molecule has 5 heteroatoms. The largest absolute Gasteiger partial charge is 0.440 e. The van der Waals surface area contributed by atoms with Crippen molar-refractivity contribution >= 4 is 17.0 Å². The molecule has 0 aliphatic carbocycles. The Kier molecular flexibility index (Phi) is 5.80. The van der Waals surface area contributed by atoms with E-state index >= 15 is 0 Å². The normalized spacial score (nSPS) is 10.9. The zero-order chi connectivity index (χ0) is 17.5. The Balaban J connectivity index is 1.64. The van der Waals surface area contributed by atoms with E-state index in [0.29, 0.717) is 43.2 Å². The molecule has 0 saturated carbocycles. The molecule has 0 aliphatic rings. The van der Waals surface area contributed by atoms with Crippen molar-refractivity contribution in [2.75, 3.05) is 19.8 Å². The molecule has 0 atom stereocenters. The van der Waals surface area contributed by atoms with Crippen molar-refractivity contribution in [2.45, 2.75) is 19.8 Å². The smallest absolute Gasteiger partial charge is 0.251 e. The minimum absolute atomic E-state index is 0.112. The van der Waals surface area contributed by atoms with Gasteiger partial charge >= 0.3 is 0 Å². The number of hydrogen-bond acceptors (Lipinski definition) is 4. The van der Waals surface area contributed by atoms with Crippen molar-refractivity contribution in [3.05, 3.63) is 65.5 Å². The van der Waals surface area contributed by atoms with E-state index in [1.807, 2.05) is 43.3 Å². The second-order valence-corrected chi connectivity index (χ2v) is 5.76. The fraction of sp³-hybridized carbons (Fsp3) is 0.300. The lowest BCUT2D eigenvalue weighted by molar-refractivity contribution is 0.0944. The number of fused-ring (bicyclic) bond motifs is 1. The van der Waals surface area contributed by atoms with Crippen LogP contribution >= 0.6 is 0 Å². The van der Waals surface area contributed by atoms with E-state index < -0.39 is 0 Å². The van der Waals surface area contributed by atoms with Gasteiger partial charge < -0.3 is 14.5 Å². The highest BCUT2D eigenvalue weighted by Gasteiger charge is 2.11. The number of nitrogens with zero attached hydrogens (tertiary/aromatic N) is 1. The van der Waals surface area contributed by atoms with Crippen LogP contribution in [0, 0.1) is 0 Å². The van der Waals surface area contributed by atoms with Crippen LogP contribution in [0.3, 0.4) is 0 Å². The summed E-state index contributed by atoms with van der Waals surface area (Å²) < 4.78 is 11.1. The molecule has 0 unspecified atom stereocenters. The van der Waals surface area contributed by atoms with Gasteiger partial charge in [-0.1, -0.05) is 30.3 Å². The molecule has 0 spiro atoms. The van der Waals surface area contributed by atoms with Gasteiger partial charge in [0.05, 0.1) is 0 Å².